The van der Waals surface area contributed by atoms with Gasteiger partial charge in [-0.25, -0.2) is 4.79 Å². The fourth-order valence-electron chi connectivity index (χ4n) is 2.68. The standard InChI is InChI=1S/C20H19N3O4/c1-13-21-18(27-23-13)12-17(14-7-4-3-5-8-14)22-19(24)15-9-6-10-16(11-15)20(25)26-2/h3-11,17H,12H2,1-2H3,(H,22,24)/t17-/m1/s1. The highest BCUT2D eigenvalue weighted by Gasteiger charge is 2.20. The molecule has 0 radical (unpaired) electrons. The zero-order valence-electron chi connectivity index (χ0n) is 15.0. The molecular formula is C20H19N3O4. The number of nitrogens with one attached hydrogen (secondary N) is 1. The molecule has 1 atom stereocenters. The Morgan fingerprint density at radius 2 is 1.85 bits per heavy atom. The maximum Gasteiger partial charge on any atom is 0.337 e. The summed E-state index contributed by atoms with van der Waals surface area (Å²) in [6.45, 7) is 1.74. The number of esters is 1. The van der Waals surface area contributed by atoms with Crippen molar-refractivity contribution < 1.29 is 18.8 Å². The highest BCUT2D eigenvalue weighted by Crippen LogP contribution is 2.19. The van der Waals surface area contributed by atoms with Crippen LogP contribution in [0.25, 0.3) is 0 Å². The Morgan fingerprint density at radius 1 is 1.11 bits per heavy atom. The third-order valence-electron chi connectivity index (χ3n) is 4.00. The van der Waals surface area contributed by atoms with E-state index < -0.39 is 5.97 Å². The van der Waals surface area contributed by atoms with Crippen LogP contribution in [0.5, 0.6) is 0 Å². The molecule has 0 bridgehead atoms. The fourth-order valence-corrected chi connectivity index (χ4v) is 2.68. The van der Waals surface area contributed by atoms with Gasteiger partial charge >= 0.3 is 5.97 Å². The molecular weight excluding hydrogens is 346 g/mol. The Balaban J connectivity index is 1.83. The second-order valence-corrected chi connectivity index (χ2v) is 5.95. The Bertz CT molecular complexity index is 937. The van der Waals surface area contributed by atoms with Crippen LogP contribution in [0.1, 0.15) is 44.0 Å². The monoisotopic (exact) mass is 365 g/mol. The van der Waals surface area contributed by atoms with Crippen molar-refractivity contribution in [2.75, 3.05) is 7.11 Å². The quantitative estimate of drug-likeness (QED) is 0.675. The van der Waals surface area contributed by atoms with Crippen LogP contribution in [0.15, 0.2) is 59.1 Å². The maximum atomic E-state index is 12.8. The van der Waals surface area contributed by atoms with E-state index in [2.05, 4.69) is 15.5 Å². The average Bonchev–Trinajstić information content (AvgIpc) is 3.12. The molecule has 0 spiro atoms. The van der Waals surface area contributed by atoms with Crippen LogP contribution >= 0.6 is 0 Å². The molecule has 0 saturated heterocycles. The summed E-state index contributed by atoms with van der Waals surface area (Å²) < 4.78 is 9.90. The Labute approximate surface area is 156 Å². The van der Waals surface area contributed by atoms with Crippen LogP contribution in [0.2, 0.25) is 0 Å². The second kappa shape index (κ2) is 8.27. The molecule has 0 unspecified atom stereocenters. The summed E-state index contributed by atoms with van der Waals surface area (Å²) in [5.74, 6) is 0.162. The topological polar surface area (TPSA) is 94.3 Å². The summed E-state index contributed by atoms with van der Waals surface area (Å²) in [6, 6.07) is 15.5. The Morgan fingerprint density at radius 3 is 2.52 bits per heavy atom. The van der Waals surface area contributed by atoms with Crippen molar-refractivity contribution in [1.29, 1.82) is 0 Å². The van der Waals surface area contributed by atoms with Crippen LogP contribution in [0, 0.1) is 6.92 Å². The summed E-state index contributed by atoms with van der Waals surface area (Å²) in [5, 5.41) is 6.76. The average molecular weight is 365 g/mol. The zero-order valence-corrected chi connectivity index (χ0v) is 15.0. The van der Waals surface area contributed by atoms with E-state index in [1.54, 1.807) is 25.1 Å². The Hall–Kier alpha value is -3.48. The summed E-state index contributed by atoms with van der Waals surface area (Å²) in [4.78, 5) is 28.7. The van der Waals surface area contributed by atoms with Crippen molar-refractivity contribution >= 4 is 11.9 Å². The van der Waals surface area contributed by atoms with Crippen LogP contribution in [0.3, 0.4) is 0 Å². The van der Waals surface area contributed by atoms with Crippen molar-refractivity contribution in [2.45, 2.75) is 19.4 Å². The molecule has 7 nitrogen and oxygen atoms in total. The van der Waals surface area contributed by atoms with E-state index in [9.17, 15) is 9.59 Å². The largest absolute Gasteiger partial charge is 0.465 e. The van der Waals surface area contributed by atoms with E-state index in [1.807, 2.05) is 30.3 Å². The number of hydrogen-bond donors (Lipinski definition) is 1. The van der Waals surface area contributed by atoms with Gasteiger partial charge < -0.3 is 14.6 Å². The van der Waals surface area contributed by atoms with Crippen molar-refractivity contribution in [2.24, 2.45) is 0 Å². The number of methoxy groups -OCH3 is 1. The van der Waals surface area contributed by atoms with E-state index in [0.717, 1.165) is 5.56 Å². The molecule has 1 amide bonds. The van der Waals surface area contributed by atoms with Crippen LogP contribution < -0.4 is 5.32 Å². The highest BCUT2D eigenvalue weighted by molar-refractivity contribution is 5.98. The first-order valence-corrected chi connectivity index (χ1v) is 8.40. The molecule has 1 aromatic heterocycles. The number of nitrogens with zero attached hydrogens (tertiary/aromatic N) is 2. The van der Waals surface area contributed by atoms with E-state index in [1.165, 1.54) is 13.2 Å². The van der Waals surface area contributed by atoms with E-state index in [0.29, 0.717) is 29.3 Å². The van der Waals surface area contributed by atoms with Gasteiger partial charge in [-0.3, -0.25) is 4.79 Å². The van der Waals surface area contributed by atoms with Gasteiger partial charge in [0.05, 0.1) is 25.1 Å². The highest BCUT2D eigenvalue weighted by atomic mass is 16.5. The van der Waals surface area contributed by atoms with Gasteiger partial charge in [-0.15, -0.1) is 0 Å². The third-order valence-corrected chi connectivity index (χ3v) is 4.00. The lowest BCUT2D eigenvalue weighted by Gasteiger charge is -2.18. The minimum absolute atomic E-state index is 0.314. The van der Waals surface area contributed by atoms with Gasteiger partial charge in [0.2, 0.25) is 5.89 Å². The fraction of sp³-hybridized carbons (Fsp3) is 0.200. The Kier molecular flexibility index (Phi) is 5.61. The number of ether oxygens (including phenoxy) is 1. The minimum Gasteiger partial charge on any atom is -0.465 e. The van der Waals surface area contributed by atoms with E-state index >= 15 is 0 Å². The summed E-state index contributed by atoms with van der Waals surface area (Å²) in [5.41, 5.74) is 1.58. The number of carbonyl (C=O) groups excluding carboxylic acids is 2. The SMILES string of the molecule is COC(=O)c1cccc(C(=O)N[C@H](Cc2nc(C)no2)c2ccccc2)c1. The van der Waals surface area contributed by atoms with Gasteiger partial charge in [0.1, 0.15) is 0 Å². The van der Waals surface area contributed by atoms with Crippen molar-refractivity contribution in [3.8, 4) is 0 Å². The predicted octanol–water partition coefficient (Wildman–Crippen LogP) is 2.88. The first-order valence-electron chi connectivity index (χ1n) is 8.40. The number of rotatable bonds is 6. The smallest absolute Gasteiger partial charge is 0.337 e. The normalized spacial score (nSPS) is 11.6. The van der Waals surface area contributed by atoms with Crippen molar-refractivity contribution in [3.63, 3.8) is 0 Å². The number of amides is 1. The van der Waals surface area contributed by atoms with Gasteiger partial charge in [0.15, 0.2) is 5.82 Å². The lowest BCUT2D eigenvalue weighted by molar-refractivity contribution is 0.0600. The molecule has 138 valence electrons. The molecule has 1 heterocycles. The van der Waals surface area contributed by atoms with Gasteiger partial charge in [0.25, 0.3) is 5.91 Å². The van der Waals surface area contributed by atoms with Crippen LogP contribution in [0.4, 0.5) is 0 Å². The molecule has 1 N–H and O–H groups in total. The number of aromatic nitrogens is 2. The number of aryl methyl sites for hydroxylation is 1. The number of hydrogen-bond acceptors (Lipinski definition) is 6. The lowest BCUT2D eigenvalue weighted by atomic mass is 10.0. The maximum absolute atomic E-state index is 12.8. The van der Waals surface area contributed by atoms with Crippen LogP contribution in [-0.4, -0.2) is 29.1 Å². The summed E-state index contributed by atoms with van der Waals surface area (Å²) >= 11 is 0. The molecule has 3 rings (SSSR count). The minimum atomic E-state index is -0.495. The van der Waals surface area contributed by atoms with Gasteiger partial charge in [-0.05, 0) is 30.7 Å². The molecule has 0 saturated carbocycles. The van der Waals surface area contributed by atoms with Crippen molar-refractivity contribution in [3.05, 3.63) is 83.0 Å². The molecule has 0 fully saturated rings. The molecule has 3 aromatic rings. The van der Waals surface area contributed by atoms with Crippen LogP contribution in [-0.2, 0) is 11.2 Å². The van der Waals surface area contributed by atoms with E-state index in [4.69, 9.17) is 9.26 Å². The summed E-state index contributed by atoms with van der Waals surface area (Å²) in [7, 11) is 1.30. The lowest BCUT2D eigenvalue weighted by Crippen LogP contribution is -2.30. The molecule has 0 aliphatic rings. The van der Waals surface area contributed by atoms with E-state index in [-0.39, 0.29) is 11.9 Å². The third kappa shape index (κ3) is 4.58. The molecule has 2 aromatic carbocycles. The summed E-state index contributed by atoms with van der Waals surface area (Å²) in [6.07, 6.45) is 0.354. The second-order valence-electron chi connectivity index (χ2n) is 5.95. The molecule has 27 heavy (non-hydrogen) atoms. The van der Waals surface area contributed by atoms with Gasteiger partial charge in [-0.2, -0.15) is 4.98 Å². The first kappa shape index (κ1) is 18.3. The molecule has 0 aliphatic heterocycles. The van der Waals surface area contributed by atoms with Gasteiger partial charge in [0, 0.05) is 5.56 Å². The number of carbonyl (C=O) groups is 2. The predicted molar refractivity (Wildman–Crippen MR) is 97.2 cm³/mol. The molecule has 7 heteroatoms. The van der Waals surface area contributed by atoms with Crippen molar-refractivity contribution in [1.82, 2.24) is 15.5 Å². The number of benzene rings is 2. The van der Waals surface area contributed by atoms with Gasteiger partial charge in [-0.1, -0.05) is 41.6 Å². The molecule has 0 aliphatic carbocycles. The first-order chi connectivity index (χ1) is 13.1. The zero-order chi connectivity index (χ0) is 19.2.